The molecule has 3 aliphatic rings. The van der Waals surface area contributed by atoms with Gasteiger partial charge in [0.15, 0.2) is 5.82 Å². The van der Waals surface area contributed by atoms with Crippen LogP contribution in [0.5, 0.6) is 5.75 Å². The van der Waals surface area contributed by atoms with Crippen LogP contribution in [0.4, 0.5) is 5.69 Å². The summed E-state index contributed by atoms with van der Waals surface area (Å²) < 4.78 is 11.5. The third-order valence-corrected chi connectivity index (χ3v) is 8.49. The number of rotatable bonds is 6. The van der Waals surface area contributed by atoms with Gasteiger partial charge in [0.05, 0.1) is 6.61 Å². The van der Waals surface area contributed by atoms with Gasteiger partial charge < -0.3 is 29.3 Å². The first-order valence-corrected chi connectivity index (χ1v) is 15.0. The van der Waals surface area contributed by atoms with Crippen LogP contribution in [0, 0.1) is 6.92 Å². The fourth-order valence-electron chi connectivity index (χ4n) is 6.23. The molecular formula is C34H38N4O7. The molecule has 0 spiro atoms. The molecule has 0 bridgehead atoms. The van der Waals surface area contributed by atoms with E-state index in [-0.39, 0.29) is 5.91 Å². The molecule has 2 aliphatic heterocycles. The van der Waals surface area contributed by atoms with Gasteiger partial charge in [0, 0.05) is 30.6 Å². The molecule has 1 amide bonds. The zero-order valence-corrected chi connectivity index (χ0v) is 25.9. The van der Waals surface area contributed by atoms with E-state index in [0.717, 1.165) is 59.5 Å². The van der Waals surface area contributed by atoms with Crippen molar-refractivity contribution in [2.24, 2.45) is 0 Å². The number of anilines is 1. The van der Waals surface area contributed by atoms with Crippen molar-refractivity contribution >= 4 is 29.1 Å². The largest absolute Gasteiger partial charge is 0.493 e. The zero-order chi connectivity index (χ0) is 32.3. The summed E-state index contributed by atoms with van der Waals surface area (Å²) in [6.45, 7) is 6.22. The van der Waals surface area contributed by atoms with E-state index in [9.17, 15) is 4.79 Å². The van der Waals surface area contributed by atoms with Crippen molar-refractivity contribution in [2.75, 3.05) is 38.7 Å². The maximum Gasteiger partial charge on any atom is 0.414 e. The van der Waals surface area contributed by atoms with Crippen LogP contribution in [0.2, 0.25) is 0 Å². The molecule has 2 N–H and O–H groups in total. The van der Waals surface area contributed by atoms with E-state index in [0.29, 0.717) is 37.2 Å². The Balaban J connectivity index is 0.000000609. The lowest BCUT2D eigenvalue weighted by molar-refractivity contribution is -0.159. The Morgan fingerprint density at radius 1 is 1.09 bits per heavy atom. The number of aliphatic carboxylic acids is 2. The molecule has 0 fully saturated rings. The van der Waals surface area contributed by atoms with Crippen molar-refractivity contribution in [2.45, 2.75) is 50.9 Å². The minimum absolute atomic E-state index is 0.00401. The first-order valence-electron chi connectivity index (χ1n) is 15.0. The van der Waals surface area contributed by atoms with E-state index in [1.807, 2.05) is 29.2 Å². The Morgan fingerprint density at radius 3 is 2.44 bits per heavy atom. The Morgan fingerprint density at radius 2 is 1.82 bits per heavy atom. The highest BCUT2D eigenvalue weighted by molar-refractivity contribution is 6.27. The molecule has 0 radical (unpaired) electrons. The van der Waals surface area contributed by atoms with E-state index in [4.69, 9.17) is 29.1 Å². The number of allylic oxidation sites excluding steroid dienone is 3. The topological polar surface area (TPSA) is 146 Å². The van der Waals surface area contributed by atoms with Crippen molar-refractivity contribution in [3.63, 3.8) is 0 Å². The minimum Gasteiger partial charge on any atom is -0.493 e. The highest BCUT2D eigenvalue weighted by Crippen LogP contribution is 2.45. The summed E-state index contributed by atoms with van der Waals surface area (Å²) in [7, 11) is 4.20. The van der Waals surface area contributed by atoms with E-state index < -0.39 is 17.4 Å². The zero-order valence-electron chi connectivity index (χ0n) is 25.9. The Hall–Kier alpha value is -4.77. The van der Waals surface area contributed by atoms with Crippen LogP contribution in [-0.2, 0) is 26.2 Å². The number of aryl methyl sites for hydroxylation is 2. The van der Waals surface area contributed by atoms with Gasteiger partial charge in [-0.25, -0.2) is 9.59 Å². The van der Waals surface area contributed by atoms with Crippen molar-refractivity contribution in [1.82, 2.24) is 15.0 Å². The summed E-state index contributed by atoms with van der Waals surface area (Å²) in [5.41, 5.74) is 5.74. The number of aromatic nitrogens is 2. The van der Waals surface area contributed by atoms with Crippen LogP contribution >= 0.6 is 0 Å². The smallest absolute Gasteiger partial charge is 0.414 e. The molecular weight excluding hydrogens is 576 g/mol. The monoisotopic (exact) mass is 614 g/mol. The number of hydrogen-bond donors (Lipinski definition) is 2. The van der Waals surface area contributed by atoms with Crippen molar-refractivity contribution in [1.29, 1.82) is 0 Å². The molecule has 3 aromatic rings. The molecule has 45 heavy (non-hydrogen) atoms. The summed E-state index contributed by atoms with van der Waals surface area (Å²) >= 11 is 0. The molecule has 0 saturated carbocycles. The van der Waals surface area contributed by atoms with Crippen molar-refractivity contribution in [3.8, 4) is 5.75 Å². The summed E-state index contributed by atoms with van der Waals surface area (Å²) in [5, 5.41) is 19.1. The second-order valence-corrected chi connectivity index (χ2v) is 12.0. The highest BCUT2D eigenvalue weighted by Gasteiger charge is 2.48. The summed E-state index contributed by atoms with van der Waals surface area (Å²) in [5.74, 6) is -1.47. The van der Waals surface area contributed by atoms with Gasteiger partial charge in [-0.1, -0.05) is 53.2 Å². The molecule has 2 unspecified atom stereocenters. The number of carbonyl (C=O) groups excluding carboxylic acids is 1. The summed E-state index contributed by atoms with van der Waals surface area (Å²) in [6.07, 6.45) is 7.41. The van der Waals surface area contributed by atoms with Gasteiger partial charge in [0.2, 0.25) is 11.8 Å². The molecule has 0 saturated heterocycles. The highest BCUT2D eigenvalue weighted by atomic mass is 16.5. The normalized spacial score (nSPS) is 20.2. The minimum atomic E-state index is -1.82. The average molecular weight is 615 g/mol. The first-order chi connectivity index (χ1) is 21.5. The van der Waals surface area contributed by atoms with Gasteiger partial charge >= 0.3 is 11.9 Å². The van der Waals surface area contributed by atoms with E-state index >= 15 is 0 Å². The van der Waals surface area contributed by atoms with E-state index in [1.165, 1.54) is 5.56 Å². The lowest BCUT2D eigenvalue weighted by Gasteiger charge is -2.38. The Kier molecular flexibility index (Phi) is 9.19. The second kappa shape index (κ2) is 13.1. The number of benzene rings is 2. The Labute approximate surface area is 261 Å². The van der Waals surface area contributed by atoms with Gasteiger partial charge in [0.1, 0.15) is 11.2 Å². The van der Waals surface area contributed by atoms with E-state index in [2.05, 4.69) is 66.4 Å². The lowest BCUT2D eigenvalue weighted by Crippen LogP contribution is -2.49. The molecule has 11 nitrogen and oxygen atoms in total. The van der Waals surface area contributed by atoms with Crippen molar-refractivity contribution in [3.05, 3.63) is 88.6 Å². The van der Waals surface area contributed by atoms with Gasteiger partial charge in [0.25, 0.3) is 0 Å². The number of carbonyl (C=O) groups is 3. The van der Waals surface area contributed by atoms with Gasteiger partial charge in [-0.15, -0.1) is 0 Å². The maximum atomic E-state index is 14.7. The average Bonchev–Trinajstić information content (AvgIpc) is 3.64. The standard InChI is InChI=1S/C32H36N4O3.C2H2O4/c1-21-19-32(30-33-22(2)39-34-30,14-12-26(21)23-9-6-5-7-10-23)31(37)36-15-8-11-24-17-29-27(18-28(24)36)25(20-38-29)13-16-35(3)4;3-1(4)2(5)6/h5-7,9-10,12,14,17-18,25H,8,11,13,15-16,19-20H2,1-4H3;(H,3,4)(H,5,6). The predicted molar refractivity (Wildman–Crippen MR) is 167 cm³/mol. The number of carboxylic acids is 2. The van der Waals surface area contributed by atoms with Crippen LogP contribution in [0.25, 0.3) is 5.57 Å². The number of hydrogen-bond acceptors (Lipinski definition) is 8. The maximum absolute atomic E-state index is 14.7. The SMILES string of the molecule is CC1=C(c2ccccc2)C=CC(C(=O)N2CCCc3cc4c(cc32)C(CCN(C)C)CO4)(c2noc(C)n2)C1.O=C(O)C(=O)O. The lowest BCUT2D eigenvalue weighted by atomic mass is 9.73. The van der Waals surface area contributed by atoms with Gasteiger partial charge in [-0.2, -0.15) is 4.98 Å². The fraction of sp³-hybridized carbons (Fsp3) is 0.382. The quantitative estimate of drug-likeness (QED) is 0.377. The second-order valence-electron chi connectivity index (χ2n) is 12.0. The predicted octanol–water partition coefficient (Wildman–Crippen LogP) is 4.61. The van der Waals surface area contributed by atoms with Gasteiger partial charge in [-0.3, -0.25) is 4.79 Å². The number of carboxylic acid groups (broad SMARTS) is 2. The molecule has 236 valence electrons. The first kappa shape index (κ1) is 31.6. The number of fused-ring (bicyclic) bond motifs is 2. The fourth-order valence-corrected chi connectivity index (χ4v) is 6.23. The molecule has 11 heteroatoms. The summed E-state index contributed by atoms with van der Waals surface area (Å²) in [6, 6.07) is 14.7. The molecule has 1 aliphatic carbocycles. The van der Waals surface area contributed by atoms with Crippen LogP contribution in [-0.4, -0.2) is 76.9 Å². The molecule has 6 rings (SSSR count). The van der Waals surface area contributed by atoms with Crippen LogP contribution in [0.15, 0.2) is 64.7 Å². The van der Waals surface area contributed by atoms with Crippen LogP contribution in [0.1, 0.15) is 60.5 Å². The van der Waals surface area contributed by atoms with E-state index in [1.54, 1.807) is 6.92 Å². The molecule has 3 heterocycles. The van der Waals surface area contributed by atoms with Gasteiger partial charge in [-0.05, 0) is 82.1 Å². The van der Waals surface area contributed by atoms with Crippen LogP contribution < -0.4 is 9.64 Å². The third-order valence-electron chi connectivity index (χ3n) is 8.49. The number of ether oxygens (including phenoxy) is 1. The number of amides is 1. The van der Waals surface area contributed by atoms with Crippen molar-refractivity contribution < 1.29 is 33.9 Å². The van der Waals surface area contributed by atoms with Crippen LogP contribution in [0.3, 0.4) is 0 Å². The molecule has 1 aromatic heterocycles. The summed E-state index contributed by atoms with van der Waals surface area (Å²) in [4.78, 5) is 41.7. The molecule has 2 atom stereocenters. The molecule has 2 aromatic carbocycles. The number of nitrogens with zero attached hydrogens (tertiary/aromatic N) is 4. The Bertz CT molecular complexity index is 1650. The third kappa shape index (κ3) is 6.53.